The van der Waals surface area contributed by atoms with Crippen molar-refractivity contribution >= 4 is 47.2 Å². The third kappa shape index (κ3) is 6.82. The minimum absolute atomic E-state index is 0.00658. The number of aliphatic imine (C=N–C) groups is 1. The number of amides is 6. The minimum atomic E-state index is -1.46. The zero-order chi connectivity index (χ0) is 30.0. The number of benzene rings is 1. The number of Topliss-reactive ketones (excluding diaryl/α,β-unsaturated/α-hetero) is 2. The lowest BCUT2D eigenvalue weighted by Crippen LogP contribution is -2.63. The Morgan fingerprint density at radius 3 is 2.00 bits per heavy atom. The molecule has 1 saturated heterocycles. The highest BCUT2D eigenvalue weighted by Gasteiger charge is 2.43. The van der Waals surface area contributed by atoms with Crippen molar-refractivity contribution in [1.82, 2.24) is 14.7 Å². The monoisotopic (exact) mass is 556 g/mol. The molecular weight excluding hydrogens is 520 g/mol. The van der Waals surface area contributed by atoms with Gasteiger partial charge in [0.15, 0.2) is 11.4 Å². The van der Waals surface area contributed by atoms with Gasteiger partial charge in [-0.05, 0) is 59.2 Å². The predicted molar refractivity (Wildman–Crippen MR) is 146 cm³/mol. The Kier molecular flexibility index (Phi) is 8.66. The Morgan fingerprint density at radius 1 is 0.950 bits per heavy atom. The first kappa shape index (κ1) is 30.3. The lowest BCUT2D eigenvalue weighted by Gasteiger charge is -2.43. The van der Waals surface area contributed by atoms with Crippen molar-refractivity contribution in [3.8, 4) is 0 Å². The summed E-state index contributed by atoms with van der Waals surface area (Å²) >= 11 is 0. The van der Waals surface area contributed by atoms with Crippen molar-refractivity contribution in [2.45, 2.75) is 59.1 Å². The first-order chi connectivity index (χ1) is 18.5. The van der Waals surface area contributed by atoms with Gasteiger partial charge in [-0.15, -0.1) is 0 Å². The van der Waals surface area contributed by atoms with Crippen molar-refractivity contribution in [2.75, 3.05) is 37.6 Å². The van der Waals surface area contributed by atoms with Crippen LogP contribution in [0, 0.1) is 0 Å². The second kappa shape index (κ2) is 11.4. The Labute approximate surface area is 232 Å². The number of primary amides is 1. The summed E-state index contributed by atoms with van der Waals surface area (Å²) in [4.78, 5) is 84.7. The lowest BCUT2D eigenvalue weighted by atomic mass is 10.0. The molecule has 13 nitrogen and oxygen atoms in total. The lowest BCUT2D eigenvalue weighted by molar-refractivity contribution is -0.149. The third-order valence-corrected chi connectivity index (χ3v) is 6.47. The quantitative estimate of drug-likeness (QED) is 0.579. The van der Waals surface area contributed by atoms with Crippen molar-refractivity contribution in [3.05, 3.63) is 29.8 Å². The molecule has 1 aromatic rings. The summed E-state index contributed by atoms with van der Waals surface area (Å²) in [5.74, 6) is -1.19. The van der Waals surface area contributed by atoms with Crippen LogP contribution >= 0.6 is 0 Å². The molecule has 40 heavy (non-hydrogen) atoms. The summed E-state index contributed by atoms with van der Waals surface area (Å²) in [5.41, 5.74) is 3.95. The van der Waals surface area contributed by atoms with Crippen LogP contribution in [0.4, 0.5) is 20.1 Å². The Balaban J connectivity index is 1.76. The topological polar surface area (TPSA) is 163 Å². The molecule has 0 unspecified atom stereocenters. The van der Waals surface area contributed by atoms with Crippen LogP contribution in [0.15, 0.2) is 29.3 Å². The summed E-state index contributed by atoms with van der Waals surface area (Å²) in [6.45, 7) is 9.89. The number of anilines is 1. The highest BCUT2D eigenvalue weighted by molar-refractivity contribution is 6.46. The van der Waals surface area contributed by atoms with E-state index in [-0.39, 0.29) is 50.8 Å². The second-order valence-corrected chi connectivity index (χ2v) is 11.3. The molecule has 1 fully saturated rings. The molecule has 2 N–H and O–H groups in total. The van der Waals surface area contributed by atoms with Gasteiger partial charge in [-0.2, -0.15) is 4.99 Å². The van der Waals surface area contributed by atoms with Gasteiger partial charge in [-0.3, -0.25) is 24.2 Å². The Bertz CT molecular complexity index is 1240. The number of rotatable bonds is 5. The largest absolute Gasteiger partial charge is 0.434 e. The van der Waals surface area contributed by atoms with E-state index in [0.29, 0.717) is 5.69 Å². The molecule has 0 bridgehead atoms. The van der Waals surface area contributed by atoms with Crippen LogP contribution in [0.5, 0.6) is 0 Å². The van der Waals surface area contributed by atoms with E-state index in [0.717, 1.165) is 5.56 Å². The van der Waals surface area contributed by atoms with E-state index in [1.54, 1.807) is 45.0 Å². The predicted octanol–water partition coefficient (Wildman–Crippen LogP) is 1.96. The normalized spacial score (nSPS) is 16.4. The summed E-state index contributed by atoms with van der Waals surface area (Å²) in [6.07, 6.45) is -0.802. The van der Waals surface area contributed by atoms with Gasteiger partial charge >= 0.3 is 18.2 Å². The van der Waals surface area contributed by atoms with E-state index in [4.69, 9.17) is 10.5 Å². The molecule has 216 valence electrons. The first-order valence-corrected chi connectivity index (χ1v) is 12.9. The average molecular weight is 557 g/mol. The number of nitrogens with two attached hydrogens (primary N) is 1. The molecule has 2 heterocycles. The van der Waals surface area contributed by atoms with E-state index in [1.165, 1.54) is 40.4 Å². The molecule has 2 aliphatic rings. The standard InChI is InChI=1S/C27H36N6O7/c1-17(34)15-18-7-9-19(10-8-18)32-16-20(35)21(29-24(32)38)33(26(2,3)4)25(39)31-13-11-30(12-14-31)22(36)27(5,6)40-23(28)37/h7-10H,11-16H2,1-6H3,(H2,28,37). The van der Waals surface area contributed by atoms with E-state index in [9.17, 15) is 28.8 Å². The van der Waals surface area contributed by atoms with Gasteiger partial charge in [0.05, 0.1) is 6.54 Å². The number of ketones is 2. The van der Waals surface area contributed by atoms with Crippen molar-refractivity contribution in [1.29, 1.82) is 0 Å². The van der Waals surface area contributed by atoms with Gasteiger partial charge in [-0.1, -0.05) is 12.1 Å². The van der Waals surface area contributed by atoms with E-state index < -0.39 is 41.0 Å². The second-order valence-electron chi connectivity index (χ2n) is 11.3. The van der Waals surface area contributed by atoms with Crippen LogP contribution in [0.2, 0.25) is 0 Å². The van der Waals surface area contributed by atoms with Gasteiger partial charge < -0.3 is 20.3 Å². The maximum absolute atomic E-state index is 13.7. The minimum Gasteiger partial charge on any atom is -0.434 e. The molecule has 2 aliphatic heterocycles. The number of hydrogen-bond donors (Lipinski definition) is 1. The average Bonchev–Trinajstić information content (AvgIpc) is 2.84. The number of nitrogens with zero attached hydrogens (tertiary/aromatic N) is 5. The molecule has 0 radical (unpaired) electrons. The molecule has 13 heteroatoms. The number of piperazine rings is 1. The van der Waals surface area contributed by atoms with Crippen LogP contribution in [-0.2, 0) is 25.5 Å². The van der Waals surface area contributed by atoms with Crippen LogP contribution in [0.25, 0.3) is 0 Å². The fourth-order valence-corrected chi connectivity index (χ4v) is 4.57. The van der Waals surface area contributed by atoms with Gasteiger partial charge in [0.2, 0.25) is 5.78 Å². The fourth-order valence-electron chi connectivity index (χ4n) is 4.57. The fraction of sp³-hybridized carbons (Fsp3) is 0.519. The van der Waals surface area contributed by atoms with Crippen molar-refractivity contribution in [3.63, 3.8) is 0 Å². The van der Waals surface area contributed by atoms with Crippen molar-refractivity contribution in [2.24, 2.45) is 10.7 Å². The zero-order valence-electron chi connectivity index (χ0n) is 23.7. The molecule has 3 rings (SSSR count). The van der Waals surface area contributed by atoms with Crippen LogP contribution in [-0.4, -0.2) is 100 Å². The first-order valence-electron chi connectivity index (χ1n) is 12.9. The molecule has 0 aliphatic carbocycles. The van der Waals surface area contributed by atoms with Gasteiger partial charge in [0.25, 0.3) is 5.91 Å². The van der Waals surface area contributed by atoms with Crippen molar-refractivity contribution < 1.29 is 33.5 Å². The van der Waals surface area contributed by atoms with Gasteiger partial charge in [0, 0.05) is 43.8 Å². The van der Waals surface area contributed by atoms with Gasteiger partial charge in [-0.25, -0.2) is 14.4 Å². The maximum atomic E-state index is 13.7. The Morgan fingerprint density at radius 2 is 1.50 bits per heavy atom. The van der Waals surface area contributed by atoms with E-state index in [1.807, 2.05) is 0 Å². The molecule has 0 aromatic heterocycles. The van der Waals surface area contributed by atoms with Gasteiger partial charge in [0.1, 0.15) is 5.78 Å². The molecule has 6 amide bonds. The number of hydrogen-bond acceptors (Lipinski definition) is 7. The van der Waals surface area contributed by atoms with E-state index in [2.05, 4.69) is 4.99 Å². The summed E-state index contributed by atoms with van der Waals surface area (Å²) < 4.78 is 4.93. The summed E-state index contributed by atoms with van der Waals surface area (Å²) in [7, 11) is 0. The number of urea groups is 2. The molecular formula is C27H36N6O7. The smallest absolute Gasteiger partial charge is 0.405 e. The summed E-state index contributed by atoms with van der Waals surface area (Å²) in [5, 5.41) is 0. The molecule has 0 saturated carbocycles. The number of ether oxygens (including phenoxy) is 1. The maximum Gasteiger partial charge on any atom is 0.405 e. The molecule has 0 atom stereocenters. The highest BCUT2D eigenvalue weighted by atomic mass is 16.6. The highest BCUT2D eigenvalue weighted by Crippen LogP contribution is 2.24. The number of carbonyl (C=O) groups excluding carboxylic acids is 6. The van der Waals surface area contributed by atoms with Crippen LogP contribution in [0.1, 0.15) is 47.1 Å². The molecule has 1 aromatic carbocycles. The molecule has 0 spiro atoms. The summed E-state index contributed by atoms with van der Waals surface area (Å²) in [6, 6.07) is 5.51. The third-order valence-electron chi connectivity index (χ3n) is 6.47. The number of carbonyl (C=O) groups is 6. The van der Waals surface area contributed by atoms with Crippen LogP contribution < -0.4 is 10.6 Å². The van der Waals surface area contributed by atoms with Crippen LogP contribution in [0.3, 0.4) is 0 Å². The Hall–Kier alpha value is -4.29. The van der Waals surface area contributed by atoms with E-state index >= 15 is 0 Å². The number of amidine groups is 1. The SMILES string of the molecule is CC(=O)Cc1ccc(N2CC(=O)C(N(C(=O)N3CCN(C(=O)C(C)(C)OC(N)=O)CC3)C(C)(C)C)=NC2=O)cc1. The zero-order valence-corrected chi connectivity index (χ0v) is 23.7.